The van der Waals surface area contributed by atoms with E-state index in [2.05, 4.69) is 5.32 Å². The fourth-order valence-electron chi connectivity index (χ4n) is 2.71. The van der Waals surface area contributed by atoms with Gasteiger partial charge in [0.15, 0.2) is 0 Å². The van der Waals surface area contributed by atoms with Crippen molar-refractivity contribution in [3.8, 4) is 0 Å². The molecule has 0 saturated carbocycles. The van der Waals surface area contributed by atoms with Crippen LogP contribution >= 0.6 is 0 Å². The predicted octanol–water partition coefficient (Wildman–Crippen LogP) is 2.49. The van der Waals surface area contributed by atoms with Crippen LogP contribution in [-0.4, -0.2) is 36.5 Å². The molecule has 5 heteroatoms. The van der Waals surface area contributed by atoms with Crippen LogP contribution in [0.15, 0.2) is 30.5 Å². The highest BCUT2D eigenvalue weighted by molar-refractivity contribution is 5.81. The maximum Gasteiger partial charge on any atom is 0.223 e. The van der Waals surface area contributed by atoms with Gasteiger partial charge in [0.05, 0.1) is 12.5 Å². The fourth-order valence-corrected chi connectivity index (χ4v) is 2.71. The predicted molar refractivity (Wildman–Crippen MR) is 89.5 cm³/mol. The summed E-state index contributed by atoms with van der Waals surface area (Å²) in [5.74, 6) is -0.118. The van der Waals surface area contributed by atoms with Crippen LogP contribution in [-0.2, 0) is 14.3 Å². The summed E-state index contributed by atoms with van der Waals surface area (Å²) >= 11 is 0. The van der Waals surface area contributed by atoms with Crippen molar-refractivity contribution >= 4 is 17.9 Å². The van der Waals surface area contributed by atoms with E-state index >= 15 is 0 Å². The van der Waals surface area contributed by atoms with Crippen LogP contribution < -0.4 is 5.32 Å². The van der Waals surface area contributed by atoms with Crippen LogP contribution in [0.4, 0.5) is 0 Å². The lowest BCUT2D eigenvalue weighted by molar-refractivity contribution is -0.129. The minimum atomic E-state index is -0.249. The van der Waals surface area contributed by atoms with Crippen LogP contribution in [0.2, 0.25) is 0 Å². The van der Waals surface area contributed by atoms with Gasteiger partial charge in [-0.25, -0.2) is 0 Å². The molecule has 5 nitrogen and oxygen atoms in total. The van der Waals surface area contributed by atoms with Crippen LogP contribution in [0.3, 0.4) is 0 Å². The number of nitrogens with zero attached hydrogens (tertiary/aromatic N) is 1. The highest BCUT2D eigenvalue weighted by Crippen LogP contribution is 2.32. The Bertz CT molecular complexity index is 583. The number of rotatable bonds is 7. The van der Waals surface area contributed by atoms with Crippen molar-refractivity contribution in [1.82, 2.24) is 10.2 Å². The minimum Gasteiger partial charge on any atom is -0.382 e. The molecule has 0 bridgehead atoms. The highest BCUT2D eigenvalue weighted by Gasteiger charge is 2.27. The number of amides is 2. The number of nitrogens with one attached hydrogen (secondary N) is 1. The smallest absolute Gasteiger partial charge is 0.223 e. The molecule has 0 spiro atoms. The number of ether oxygens (including phenoxy) is 1. The standard InChI is InChI=1S/C18H24N2O3/c1-3-23-12-6-10-19-18(22)13-17-16-8-5-4-7-15(16)9-11-20(17)14(2)21/h4-5,7-9,11,17H,3,6,10,12-13H2,1-2H3,(H,19,22). The minimum absolute atomic E-state index is 0.0529. The highest BCUT2D eigenvalue weighted by atomic mass is 16.5. The molecule has 124 valence electrons. The average Bonchev–Trinajstić information content (AvgIpc) is 2.54. The summed E-state index contributed by atoms with van der Waals surface area (Å²) in [6.45, 7) is 5.38. The molecular weight excluding hydrogens is 292 g/mol. The van der Waals surface area contributed by atoms with Gasteiger partial charge >= 0.3 is 0 Å². The third-order valence-corrected chi connectivity index (χ3v) is 3.84. The first-order chi connectivity index (χ1) is 11.1. The Kier molecular flexibility index (Phi) is 6.35. The summed E-state index contributed by atoms with van der Waals surface area (Å²) in [6.07, 6.45) is 4.72. The normalized spacial score (nSPS) is 16.1. The average molecular weight is 316 g/mol. The number of carbonyl (C=O) groups is 2. The molecule has 1 heterocycles. The molecule has 0 aliphatic carbocycles. The summed E-state index contributed by atoms with van der Waals surface area (Å²) in [5, 5.41) is 2.90. The van der Waals surface area contributed by atoms with Gasteiger partial charge in [-0.05, 0) is 30.5 Å². The molecule has 2 amide bonds. The van der Waals surface area contributed by atoms with E-state index in [9.17, 15) is 9.59 Å². The maximum atomic E-state index is 12.2. The molecule has 1 aliphatic heterocycles. The monoisotopic (exact) mass is 316 g/mol. The van der Waals surface area contributed by atoms with Crippen LogP contribution in [0.25, 0.3) is 6.08 Å². The third-order valence-electron chi connectivity index (χ3n) is 3.84. The Morgan fingerprint density at radius 3 is 2.83 bits per heavy atom. The molecule has 1 atom stereocenters. The summed E-state index contributed by atoms with van der Waals surface area (Å²) in [7, 11) is 0. The Morgan fingerprint density at radius 2 is 2.09 bits per heavy atom. The maximum absolute atomic E-state index is 12.2. The second-order valence-corrected chi connectivity index (χ2v) is 5.49. The second-order valence-electron chi connectivity index (χ2n) is 5.49. The summed E-state index contributed by atoms with van der Waals surface area (Å²) in [5.41, 5.74) is 2.06. The Morgan fingerprint density at radius 1 is 1.30 bits per heavy atom. The van der Waals surface area contributed by atoms with E-state index < -0.39 is 0 Å². The summed E-state index contributed by atoms with van der Waals surface area (Å²) in [4.78, 5) is 25.7. The number of hydrogen-bond acceptors (Lipinski definition) is 3. The Hall–Kier alpha value is -2.14. The first-order valence-corrected chi connectivity index (χ1v) is 8.04. The van der Waals surface area contributed by atoms with Gasteiger partial charge in [0, 0.05) is 32.9 Å². The zero-order valence-electron chi connectivity index (χ0n) is 13.7. The van der Waals surface area contributed by atoms with E-state index in [4.69, 9.17) is 4.74 Å². The van der Waals surface area contributed by atoms with Crippen molar-refractivity contribution in [2.24, 2.45) is 0 Å². The first kappa shape index (κ1) is 17.2. The van der Waals surface area contributed by atoms with E-state index in [1.165, 1.54) is 6.92 Å². The molecule has 0 fully saturated rings. The summed E-state index contributed by atoms with van der Waals surface area (Å²) in [6, 6.07) is 7.61. The molecule has 1 aromatic carbocycles. The Balaban J connectivity index is 1.99. The second kappa shape index (κ2) is 8.48. The zero-order valence-corrected chi connectivity index (χ0v) is 13.7. The van der Waals surface area contributed by atoms with Gasteiger partial charge in [-0.15, -0.1) is 0 Å². The van der Waals surface area contributed by atoms with Crippen molar-refractivity contribution in [3.05, 3.63) is 41.6 Å². The lowest BCUT2D eigenvalue weighted by atomic mass is 9.93. The van der Waals surface area contributed by atoms with Crippen LogP contribution in [0.1, 0.15) is 43.9 Å². The molecule has 0 saturated heterocycles. The van der Waals surface area contributed by atoms with Crippen LogP contribution in [0.5, 0.6) is 0 Å². The number of benzene rings is 1. The molecule has 1 N–H and O–H groups in total. The molecular formula is C18H24N2O3. The van der Waals surface area contributed by atoms with E-state index in [-0.39, 0.29) is 24.3 Å². The van der Waals surface area contributed by atoms with E-state index in [0.717, 1.165) is 17.5 Å². The molecule has 23 heavy (non-hydrogen) atoms. The van der Waals surface area contributed by atoms with Gasteiger partial charge < -0.3 is 15.0 Å². The molecule has 1 aliphatic rings. The van der Waals surface area contributed by atoms with Crippen molar-refractivity contribution < 1.29 is 14.3 Å². The number of carbonyl (C=O) groups excluding carboxylic acids is 2. The van der Waals surface area contributed by atoms with Crippen molar-refractivity contribution in [3.63, 3.8) is 0 Å². The zero-order chi connectivity index (χ0) is 16.7. The van der Waals surface area contributed by atoms with Gasteiger partial charge in [0.1, 0.15) is 0 Å². The Labute approximate surface area is 137 Å². The van der Waals surface area contributed by atoms with Crippen LogP contribution in [0, 0.1) is 0 Å². The molecule has 1 aromatic rings. The first-order valence-electron chi connectivity index (χ1n) is 8.04. The fraction of sp³-hybridized carbons (Fsp3) is 0.444. The van der Waals surface area contributed by atoms with Gasteiger partial charge in [-0.1, -0.05) is 24.3 Å². The molecule has 0 aromatic heterocycles. The largest absolute Gasteiger partial charge is 0.382 e. The van der Waals surface area contributed by atoms with E-state index in [1.54, 1.807) is 11.1 Å². The van der Waals surface area contributed by atoms with E-state index in [0.29, 0.717) is 19.8 Å². The van der Waals surface area contributed by atoms with E-state index in [1.807, 2.05) is 37.3 Å². The van der Waals surface area contributed by atoms with Gasteiger partial charge in [0.2, 0.25) is 11.8 Å². The van der Waals surface area contributed by atoms with Gasteiger partial charge in [-0.3, -0.25) is 9.59 Å². The number of hydrogen-bond donors (Lipinski definition) is 1. The third kappa shape index (κ3) is 4.66. The lowest BCUT2D eigenvalue weighted by Crippen LogP contribution is -2.35. The summed E-state index contributed by atoms with van der Waals surface area (Å²) < 4.78 is 5.25. The topological polar surface area (TPSA) is 58.6 Å². The quantitative estimate of drug-likeness (QED) is 0.786. The van der Waals surface area contributed by atoms with Gasteiger partial charge in [-0.2, -0.15) is 0 Å². The van der Waals surface area contributed by atoms with Crippen molar-refractivity contribution in [2.45, 2.75) is 32.7 Å². The van der Waals surface area contributed by atoms with Crippen molar-refractivity contribution in [1.29, 1.82) is 0 Å². The lowest BCUT2D eigenvalue weighted by Gasteiger charge is -2.32. The van der Waals surface area contributed by atoms with Crippen molar-refractivity contribution in [2.75, 3.05) is 19.8 Å². The molecule has 0 radical (unpaired) electrons. The SMILES string of the molecule is CCOCCCNC(=O)CC1c2ccccc2C=CN1C(C)=O. The molecule has 1 unspecified atom stereocenters. The van der Waals surface area contributed by atoms with Gasteiger partial charge in [0.25, 0.3) is 0 Å². The number of fused-ring (bicyclic) bond motifs is 1. The molecule has 2 rings (SSSR count).